The van der Waals surface area contributed by atoms with E-state index in [0.29, 0.717) is 41.9 Å². The Morgan fingerprint density at radius 3 is 1.44 bits per heavy atom. The highest BCUT2D eigenvalue weighted by Gasteiger charge is 2.17. The van der Waals surface area contributed by atoms with Crippen molar-refractivity contribution in [1.82, 2.24) is 0 Å². The quantitative estimate of drug-likeness (QED) is 0.185. The third-order valence-electron chi connectivity index (χ3n) is 2.76. The third kappa shape index (κ3) is 16.9. The van der Waals surface area contributed by atoms with Crippen LogP contribution in [-0.4, -0.2) is 76.9 Å². The molecule has 0 amide bonds. The minimum Gasteiger partial charge on any atom is -0.726 e. The van der Waals surface area contributed by atoms with Crippen LogP contribution in [0.25, 0.3) is 0 Å². The maximum absolute atomic E-state index is 11.2. The standard InChI is InChI=1S/C14H24NO4.CH4O4S/c1-11(2)13(16)18-9-7-15(5,6)8-10-19-14(17)12(3)4;1-5-6(2,3)4/h1,3,7-10H2,2,4-6H3;1H3,(H,2,3,4)/q+1;/p-1. The molecule has 9 nitrogen and oxygen atoms in total. The zero-order valence-corrected chi connectivity index (χ0v) is 16.2. The Labute approximate surface area is 149 Å². The van der Waals surface area contributed by atoms with Gasteiger partial charge in [0.15, 0.2) is 0 Å². The molecule has 0 radical (unpaired) electrons. The van der Waals surface area contributed by atoms with Gasteiger partial charge in [-0.05, 0) is 13.8 Å². The summed E-state index contributed by atoms with van der Waals surface area (Å²) in [5.41, 5.74) is 0.779. The predicted molar refractivity (Wildman–Crippen MR) is 90.1 cm³/mol. The van der Waals surface area contributed by atoms with Gasteiger partial charge in [-0.2, -0.15) is 0 Å². The van der Waals surface area contributed by atoms with E-state index in [1.807, 2.05) is 14.1 Å². The van der Waals surface area contributed by atoms with Crippen LogP contribution in [0.2, 0.25) is 0 Å². The first-order valence-electron chi connectivity index (χ1n) is 7.20. The number of carbonyl (C=O) groups is 2. The number of hydrogen-bond acceptors (Lipinski definition) is 8. The molecule has 0 aromatic heterocycles. The van der Waals surface area contributed by atoms with Crippen molar-refractivity contribution in [2.45, 2.75) is 13.8 Å². The third-order valence-corrected chi connectivity index (χ3v) is 3.17. The second-order valence-corrected chi connectivity index (χ2v) is 6.94. The molecule has 0 aliphatic heterocycles. The molecule has 0 spiro atoms. The summed E-state index contributed by atoms with van der Waals surface area (Å²) < 4.78 is 41.7. The maximum Gasteiger partial charge on any atom is 0.333 e. The molecule has 0 aliphatic carbocycles. The van der Waals surface area contributed by atoms with Crippen LogP contribution in [0.3, 0.4) is 0 Å². The van der Waals surface area contributed by atoms with Gasteiger partial charge in [-0.15, -0.1) is 0 Å². The summed E-state index contributed by atoms with van der Waals surface area (Å²) in [6.45, 7) is 12.2. The first-order valence-corrected chi connectivity index (χ1v) is 8.54. The molecule has 0 rings (SSSR count). The normalized spacial score (nSPS) is 11.0. The molecule has 0 N–H and O–H groups in total. The molecule has 0 heterocycles. The smallest absolute Gasteiger partial charge is 0.333 e. The molecule has 0 saturated carbocycles. The van der Waals surface area contributed by atoms with Crippen molar-refractivity contribution in [3.8, 4) is 0 Å². The number of rotatable bonds is 9. The Kier molecular flexibility index (Phi) is 12.0. The van der Waals surface area contributed by atoms with E-state index < -0.39 is 10.4 Å². The van der Waals surface area contributed by atoms with Gasteiger partial charge in [0.1, 0.15) is 26.3 Å². The van der Waals surface area contributed by atoms with E-state index in [1.165, 1.54) is 0 Å². The molecule has 0 aromatic rings. The van der Waals surface area contributed by atoms with Gasteiger partial charge in [0.2, 0.25) is 10.4 Å². The Bertz CT molecular complexity index is 546. The van der Waals surface area contributed by atoms with E-state index in [2.05, 4.69) is 17.3 Å². The number of quaternary nitrogens is 1. The van der Waals surface area contributed by atoms with Crippen LogP contribution in [0.4, 0.5) is 0 Å². The second-order valence-electron chi connectivity index (χ2n) is 5.79. The number of ether oxygens (including phenoxy) is 2. The van der Waals surface area contributed by atoms with Gasteiger partial charge in [-0.3, -0.25) is 4.18 Å². The largest absolute Gasteiger partial charge is 0.726 e. The van der Waals surface area contributed by atoms with Crippen LogP contribution >= 0.6 is 0 Å². The van der Waals surface area contributed by atoms with E-state index >= 15 is 0 Å². The van der Waals surface area contributed by atoms with Gasteiger partial charge in [0.05, 0.1) is 21.2 Å². The first kappa shape index (κ1) is 25.5. The van der Waals surface area contributed by atoms with E-state index in [9.17, 15) is 22.6 Å². The molecule has 0 atom stereocenters. The number of carbonyl (C=O) groups excluding carboxylic acids is 2. The first-order chi connectivity index (χ1) is 11.2. The van der Waals surface area contributed by atoms with Gasteiger partial charge < -0.3 is 18.5 Å². The van der Waals surface area contributed by atoms with Crippen LogP contribution in [0.15, 0.2) is 24.3 Å². The van der Waals surface area contributed by atoms with Crippen molar-refractivity contribution in [2.24, 2.45) is 0 Å². The molecule has 0 saturated heterocycles. The van der Waals surface area contributed by atoms with Crippen LogP contribution in [0, 0.1) is 0 Å². The van der Waals surface area contributed by atoms with E-state index in [-0.39, 0.29) is 11.9 Å². The summed E-state index contributed by atoms with van der Waals surface area (Å²) in [5.74, 6) is -0.762. The molecule has 25 heavy (non-hydrogen) atoms. The highest BCUT2D eigenvalue weighted by Crippen LogP contribution is 2.00. The number of likely N-dealkylation sites (N-methyl/N-ethyl adjacent to an activating group) is 1. The van der Waals surface area contributed by atoms with Crippen molar-refractivity contribution in [2.75, 3.05) is 47.5 Å². The lowest BCUT2D eigenvalue weighted by Gasteiger charge is -2.29. The van der Waals surface area contributed by atoms with Gasteiger partial charge in [-0.25, -0.2) is 18.0 Å². The minimum atomic E-state index is -4.41. The molecule has 0 bridgehead atoms. The second kappa shape index (κ2) is 11.7. The van der Waals surface area contributed by atoms with Gasteiger partial charge in [-0.1, -0.05) is 13.2 Å². The lowest BCUT2D eigenvalue weighted by Crippen LogP contribution is -2.45. The lowest BCUT2D eigenvalue weighted by atomic mass is 10.3. The minimum absolute atomic E-state index is 0.313. The molecule has 0 fully saturated rings. The van der Waals surface area contributed by atoms with E-state index in [4.69, 9.17) is 9.47 Å². The molecule has 0 aliphatic rings. The monoisotopic (exact) mass is 381 g/mol. The maximum atomic E-state index is 11.2. The number of hydrogen-bond donors (Lipinski definition) is 0. The lowest BCUT2D eigenvalue weighted by molar-refractivity contribution is -0.890. The average molecular weight is 381 g/mol. The molecule has 10 heteroatoms. The average Bonchev–Trinajstić information content (AvgIpc) is 2.46. The summed E-state index contributed by atoms with van der Waals surface area (Å²) in [4.78, 5) is 22.4. The van der Waals surface area contributed by atoms with Crippen molar-refractivity contribution in [3.63, 3.8) is 0 Å². The van der Waals surface area contributed by atoms with E-state index in [0.717, 1.165) is 7.11 Å². The van der Waals surface area contributed by atoms with Crippen molar-refractivity contribution < 1.29 is 40.7 Å². The Hall–Kier alpha value is -1.75. The summed E-state index contributed by atoms with van der Waals surface area (Å²) in [7, 11) is 0.347. The SMILES string of the molecule is C=C(C)C(=O)OCC[N+](C)(C)CCOC(=O)C(=C)C.COS(=O)(=O)[O-]. The zero-order valence-electron chi connectivity index (χ0n) is 15.4. The van der Waals surface area contributed by atoms with Gasteiger partial charge in [0, 0.05) is 11.1 Å². The number of nitrogens with zero attached hydrogens (tertiary/aromatic N) is 1. The van der Waals surface area contributed by atoms with Crippen molar-refractivity contribution >= 4 is 22.3 Å². The van der Waals surface area contributed by atoms with Crippen LogP contribution in [-0.2, 0) is 33.6 Å². The van der Waals surface area contributed by atoms with E-state index in [1.54, 1.807) is 13.8 Å². The highest BCUT2D eigenvalue weighted by atomic mass is 32.3. The summed E-state index contributed by atoms with van der Waals surface area (Å²) >= 11 is 0. The fourth-order valence-electron chi connectivity index (χ4n) is 1.13. The molecule has 0 aromatic carbocycles. The molecule has 0 unspecified atom stereocenters. The Morgan fingerprint density at radius 2 is 1.24 bits per heavy atom. The molecular weight excluding hydrogens is 354 g/mol. The number of esters is 2. The van der Waals surface area contributed by atoms with Crippen molar-refractivity contribution in [1.29, 1.82) is 0 Å². The fraction of sp³-hybridized carbons (Fsp3) is 0.600. The predicted octanol–water partition coefficient (Wildman–Crippen LogP) is 0.394. The van der Waals surface area contributed by atoms with Crippen LogP contribution in [0.1, 0.15) is 13.8 Å². The summed E-state index contributed by atoms with van der Waals surface area (Å²) in [5, 5.41) is 0. The van der Waals surface area contributed by atoms with Crippen LogP contribution in [0.5, 0.6) is 0 Å². The summed E-state index contributed by atoms with van der Waals surface area (Å²) in [6.07, 6.45) is 0. The topological polar surface area (TPSA) is 119 Å². The Balaban J connectivity index is 0. The Morgan fingerprint density at radius 1 is 0.960 bits per heavy atom. The highest BCUT2D eigenvalue weighted by molar-refractivity contribution is 7.80. The molecule has 146 valence electrons. The van der Waals surface area contributed by atoms with Gasteiger partial charge in [0.25, 0.3) is 0 Å². The summed E-state index contributed by atoms with van der Waals surface area (Å²) in [6, 6.07) is 0. The fourth-order valence-corrected chi connectivity index (χ4v) is 1.13. The van der Waals surface area contributed by atoms with Gasteiger partial charge >= 0.3 is 11.9 Å². The molecular formula is C15H27NO8S. The zero-order chi connectivity index (χ0) is 20.3. The van der Waals surface area contributed by atoms with Crippen LogP contribution < -0.4 is 0 Å². The van der Waals surface area contributed by atoms with Crippen molar-refractivity contribution in [3.05, 3.63) is 24.3 Å².